The van der Waals surface area contributed by atoms with Crippen molar-refractivity contribution in [3.8, 4) is 0 Å². The summed E-state index contributed by atoms with van der Waals surface area (Å²) in [6.45, 7) is 2.24. The summed E-state index contributed by atoms with van der Waals surface area (Å²) in [7, 11) is -4.26. The third kappa shape index (κ3) is 6.91. The molecule has 2 amide bonds. The third-order valence-electron chi connectivity index (χ3n) is 5.38. The molecule has 1 aliphatic heterocycles. The van der Waals surface area contributed by atoms with Crippen molar-refractivity contribution in [3.05, 3.63) is 51.0 Å². The number of methoxy groups -OCH3 is 1. The summed E-state index contributed by atoms with van der Waals surface area (Å²) in [5, 5.41) is 17.9. The maximum absolute atomic E-state index is 13.1. The van der Waals surface area contributed by atoms with Gasteiger partial charge in [0.1, 0.15) is 18.3 Å². The molecule has 3 rings (SSSR count). The van der Waals surface area contributed by atoms with Gasteiger partial charge >= 0.3 is 22.2 Å². The van der Waals surface area contributed by atoms with Crippen molar-refractivity contribution in [1.29, 1.82) is 0 Å². The molecule has 20 heteroatoms. The Morgan fingerprint density at radius 2 is 1.93 bits per heavy atom. The molecule has 1 saturated heterocycles. The van der Waals surface area contributed by atoms with Gasteiger partial charge in [-0.2, -0.15) is 12.7 Å². The number of nitrogens with two attached hydrogens (primary N) is 1. The molecule has 0 aliphatic carbocycles. The number of anilines is 1. The van der Waals surface area contributed by atoms with Crippen LogP contribution in [0.5, 0.6) is 0 Å². The van der Waals surface area contributed by atoms with Gasteiger partial charge in [0.2, 0.25) is 5.60 Å². The minimum Gasteiger partial charge on any atom is -0.467 e. The molecule has 2 atom stereocenters. The quantitative estimate of drug-likeness (QED) is 0.0723. The van der Waals surface area contributed by atoms with Gasteiger partial charge in [-0.15, -0.1) is 11.3 Å². The first-order chi connectivity index (χ1) is 19.1. The van der Waals surface area contributed by atoms with Crippen molar-refractivity contribution >= 4 is 61.9 Å². The first kappa shape index (κ1) is 30.8. The molecule has 0 bridgehead atoms. The maximum atomic E-state index is 13.1. The number of nitrogens with zero attached hydrogens (tertiary/aromatic N) is 4. The Balaban J connectivity index is 1.78. The first-order valence-electron chi connectivity index (χ1n) is 11.1. The Morgan fingerprint density at radius 1 is 1.29 bits per heavy atom. The molecule has 2 heterocycles. The summed E-state index contributed by atoms with van der Waals surface area (Å²) in [4.78, 5) is 69.5. The third-order valence-corrected chi connectivity index (χ3v) is 6.96. The first-order valence-corrected chi connectivity index (χ1v) is 13.4. The molecule has 0 unspecified atom stereocenters. The van der Waals surface area contributed by atoms with Crippen LogP contribution in [0.1, 0.15) is 25.1 Å². The highest BCUT2D eigenvalue weighted by atomic mass is 32.2. The van der Waals surface area contributed by atoms with Gasteiger partial charge in [-0.25, -0.2) is 14.6 Å². The summed E-state index contributed by atoms with van der Waals surface area (Å²) in [5.74, 6) is -4.73. The summed E-state index contributed by atoms with van der Waals surface area (Å²) >= 11 is 0.905. The number of nitro benzene ring substituents is 1. The molecule has 1 fully saturated rings. The van der Waals surface area contributed by atoms with Crippen molar-refractivity contribution in [1.82, 2.24) is 14.6 Å². The number of β-lactam (4-membered cyclic amide) rings is 1. The highest BCUT2D eigenvalue weighted by Crippen LogP contribution is 2.25. The van der Waals surface area contributed by atoms with Gasteiger partial charge in [-0.1, -0.05) is 5.16 Å². The minimum absolute atomic E-state index is 0.00646. The van der Waals surface area contributed by atoms with Crippen LogP contribution in [0.4, 0.5) is 10.8 Å². The van der Waals surface area contributed by atoms with E-state index in [0.717, 1.165) is 18.4 Å². The fourth-order valence-electron chi connectivity index (χ4n) is 3.26. The molecule has 41 heavy (non-hydrogen) atoms. The topological polar surface area (TPSA) is 260 Å². The number of hydrogen-bond donors (Lipinski definition) is 3. The van der Waals surface area contributed by atoms with E-state index in [1.807, 2.05) is 0 Å². The standard InChI is InChI=1S/C21H22N6O12S2/c1-21(2,19(31)38-8-10-4-6-11(7-5-10)27(32)33)39-25-13(12-9-40-20(22)23-12)16(28)24-14-15(18(30)37-3)26(17(14)29)41(34,35)36/h4-7,9,14-15H,8H2,1-3H3,(H2,22,23)(H,24,28)(H,34,35,36)/t14-,15+/m1/s1. The number of esters is 2. The van der Waals surface area contributed by atoms with E-state index in [9.17, 15) is 42.3 Å². The number of carbonyl (C=O) groups is 4. The number of amides is 2. The highest BCUT2D eigenvalue weighted by Gasteiger charge is 2.58. The van der Waals surface area contributed by atoms with Crippen molar-refractivity contribution in [2.45, 2.75) is 38.1 Å². The second-order valence-corrected chi connectivity index (χ2v) is 10.8. The van der Waals surface area contributed by atoms with E-state index >= 15 is 0 Å². The molecule has 1 aliphatic rings. The van der Waals surface area contributed by atoms with Crippen molar-refractivity contribution < 1.29 is 51.4 Å². The van der Waals surface area contributed by atoms with Crippen LogP contribution in [-0.2, 0) is 50.4 Å². The number of oxime groups is 1. The molecule has 1 aromatic carbocycles. The Hall–Kier alpha value is -4.69. The lowest BCUT2D eigenvalue weighted by Crippen LogP contribution is -2.74. The molecule has 1 aromatic heterocycles. The molecule has 4 N–H and O–H groups in total. The number of non-ortho nitro benzene ring substituents is 1. The van der Waals surface area contributed by atoms with Crippen molar-refractivity contribution in [2.24, 2.45) is 5.16 Å². The van der Waals surface area contributed by atoms with Gasteiger partial charge in [0, 0.05) is 17.5 Å². The molecule has 0 saturated carbocycles. The zero-order valence-electron chi connectivity index (χ0n) is 21.4. The lowest BCUT2D eigenvalue weighted by atomic mass is 9.98. The number of thiazole rings is 1. The SMILES string of the molecule is COC(=O)[C@@H]1[C@@H](NC(=O)C(=NOC(C)(C)C(=O)OCc2ccc([N+](=O)[O-])cc2)c2csc(N)n2)C(=O)N1S(=O)(=O)O. The predicted octanol–water partition coefficient (Wildman–Crippen LogP) is -0.452. The summed E-state index contributed by atoms with van der Waals surface area (Å²) in [6.07, 6.45) is 0. The van der Waals surface area contributed by atoms with Crippen LogP contribution in [-0.4, -0.2) is 81.4 Å². The normalized spacial score (nSPS) is 17.3. The number of rotatable bonds is 11. The summed E-state index contributed by atoms with van der Waals surface area (Å²) < 4.78 is 41.7. The minimum atomic E-state index is -5.16. The second kappa shape index (κ2) is 11.8. The van der Waals surface area contributed by atoms with Crippen LogP contribution < -0.4 is 11.1 Å². The number of nitrogens with one attached hydrogen (secondary N) is 1. The van der Waals surface area contributed by atoms with E-state index in [-0.39, 0.29) is 27.4 Å². The second-order valence-electron chi connectivity index (χ2n) is 8.64. The van der Waals surface area contributed by atoms with Crippen molar-refractivity contribution in [2.75, 3.05) is 12.8 Å². The molecule has 0 spiro atoms. The fourth-order valence-corrected chi connectivity index (χ4v) is 4.64. The smallest absolute Gasteiger partial charge is 0.363 e. The summed E-state index contributed by atoms with van der Waals surface area (Å²) in [5.41, 5.74) is 3.32. The number of aromatic nitrogens is 1. The lowest BCUT2D eigenvalue weighted by molar-refractivity contribution is -0.384. The lowest BCUT2D eigenvalue weighted by Gasteiger charge is -2.41. The zero-order chi connectivity index (χ0) is 30.7. The van der Waals surface area contributed by atoms with Gasteiger partial charge in [-0.3, -0.25) is 24.3 Å². The van der Waals surface area contributed by atoms with Crippen LogP contribution >= 0.6 is 11.3 Å². The van der Waals surface area contributed by atoms with Crippen LogP contribution in [0.2, 0.25) is 0 Å². The number of benzene rings is 1. The highest BCUT2D eigenvalue weighted by molar-refractivity contribution is 7.84. The number of carbonyl (C=O) groups excluding carboxylic acids is 4. The Labute approximate surface area is 235 Å². The predicted molar refractivity (Wildman–Crippen MR) is 137 cm³/mol. The Morgan fingerprint density at radius 3 is 2.44 bits per heavy atom. The van der Waals surface area contributed by atoms with Gasteiger partial charge in [0.15, 0.2) is 16.9 Å². The Bertz CT molecular complexity index is 1520. The average Bonchev–Trinajstić information content (AvgIpc) is 3.33. The number of ether oxygens (including phenoxy) is 2. The number of nitrogen functional groups attached to an aromatic ring is 1. The van der Waals surface area contributed by atoms with Crippen LogP contribution in [0.15, 0.2) is 34.8 Å². The Kier molecular flexibility index (Phi) is 8.89. The maximum Gasteiger partial charge on any atom is 0.363 e. The van der Waals surface area contributed by atoms with Crippen molar-refractivity contribution in [3.63, 3.8) is 0 Å². The van der Waals surface area contributed by atoms with Gasteiger partial charge in [0.25, 0.3) is 17.5 Å². The largest absolute Gasteiger partial charge is 0.467 e. The fraction of sp³-hybridized carbons (Fsp3) is 0.333. The zero-order valence-corrected chi connectivity index (χ0v) is 23.0. The molecule has 0 radical (unpaired) electrons. The molecular formula is C21H22N6O12S2. The number of hydrogen-bond acceptors (Lipinski definition) is 15. The van der Waals surface area contributed by atoms with Gasteiger partial charge in [-0.05, 0) is 31.5 Å². The molecular weight excluding hydrogens is 592 g/mol. The van der Waals surface area contributed by atoms with E-state index in [2.05, 4.69) is 20.2 Å². The van der Waals surface area contributed by atoms with E-state index < -0.39 is 62.4 Å². The van der Waals surface area contributed by atoms with E-state index in [4.69, 9.17) is 15.3 Å². The molecule has 220 valence electrons. The van der Waals surface area contributed by atoms with Gasteiger partial charge in [0.05, 0.1) is 12.0 Å². The summed E-state index contributed by atoms with van der Waals surface area (Å²) in [6, 6.07) is 1.54. The van der Waals surface area contributed by atoms with Crippen LogP contribution in [0.3, 0.4) is 0 Å². The number of nitro groups is 1. The van der Waals surface area contributed by atoms with E-state index in [1.54, 1.807) is 0 Å². The molecule has 2 aromatic rings. The monoisotopic (exact) mass is 614 g/mol. The van der Waals surface area contributed by atoms with Crippen LogP contribution in [0.25, 0.3) is 0 Å². The van der Waals surface area contributed by atoms with Gasteiger partial charge < -0.3 is 25.4 Å². The van der Waals surface area contributed by atoms with Crippen LogP contribution in [0, 0.1) is 10.1 Å². The molecule has 18 nitrogen and oxygen atoms in total. The van der Waals surface area contributed by atoms with E-state index in [1.165, 1.54) is 43.5 Å². The average molecular weight is 615 g/mol. The van der Waals surface area contributed by atoms with E-state index in [0.29, 0.717) is 5.56 Å².